The van der Waals surface area contributed by atoms with E-state index in [1.165, 1.54) is 11.1 Å². The fourth-order valence-corrected chi connectivity index (χ4v) is 2.15. The summed E-state index contributed by atoms with van der Waals surface area (Å²) >= 11 is 0. The summed E-state index contributed by atoms with van der Waals surface area (Å²) in [4.78, 5) is 0. The van der Waals surface area contributed by atoms with Crippen LogP contribution in [0.15, 0.2) is 24.3 Å². The maximum absolute atomic E-state index is 5.63. The SMILES string of the molecule is COC(C(C)C)C(Cc1ccc(C)cc1)NN. The molecule has 1 aromatic carbocycles. The van der Waals surface area contributed by atoms with Crippen LogP contribution in [0, 0.1) is 12.8 Å². The molecule has 2 atom stereocenters. The van der Waals surface area contributed by atoms with Gasteiger partial charge >= 0.3 is 0 Å². The molecule has 0 saturated heterocycles. The van der Waals surface area contributed by atoms with Crippen LogP contribution < -0.4 is 11.3 Å². The standard InChI is InChI=1S/C14H24N2O/c1-10(2)14(17-4)13(16-15)9-12-7-5-11(3)6-8-12/h5-8,10,13-14,16H,9,15H2,1-4H3. The number of benzene rings is 1. The average Bonchev–Trinajstić information content (AvgIpc) is 2.31. The molecule has 0 aliphatic carbocycles. The second kappa shape index (κ2) is 6.74. The fraction of sp³-hybridized carbons (Fsp3) is 0.571. The number of methoxy groups -OCH3 is 1. The van der Waals surface area contributed by atoms with E-state index >= 15 is 0 Å². The Balaban J connectivity index is 2.71. The van der Waals surface area contributed by atoms with Crippen molar-refractivity contribution in [2.24, 2.45) is 11.8 Å². The molecule has 0 bridgehead atoms. The van der Waals surface area contributed by atoms with E-state index < -0.39 is 0 Å². The van der Waals surface area contributed by atoms with Gasteiger partial charge < -0.3 is 4.74 Å². The largest absolute Gasteiger partial charge is 0.380 e. The molecule has 1 aromatic rings. The Morgan fingerprint density at radius 1 is 1.24 bits per heavy atom. The molecule has 0 radical (unpaired) electrons. The van der Waals surface area contributed by atoms with Crippen LogP contribution in [0.1, 0.15) is 25.0 Å². The summed E-state index contributed by atoms with van der Waals surface area (Å²) in [5.74, 6) is 6.07. The quantitative estimate of drug-likeness (QED) is 0.587. The Hall–Kier alpha value is -0.900. The number of hydrogen-bond acceptors (Lipinski definition) is 3. The molecule has 0 saturated carbocycles. The number of nitrogens with two attached hydrogens (primary N) is 1. The van der Waals surface area contributed by atoms with Gasteiger partial charge in [-0.1, -0.05) is 43.7 Å². The van der Waals surface area contributed by atoms with Crippen LogP contribution >= 0.6 is 0 Å². The summed E-state index contributed by atoms with van der Waals surface area (Å²) in [5, 5.41) is 0. The van der Waals surface area contributed by atoms with Gasteiger partial charge in [-0.25, -0.2) is 0 Å². The summed E-state index contributed by atoms with van der Waals surface area (Å²) in [5.41, 5.74) is 5.43. The van der Waals surface area contributed by atoms with Crippen molar-refractivity contribution >= 4 is 0 Å². The molecule has 2 unspecified atom stereocenters. The highest BCUT2D eigenvalue weighted by Gasteiger charge is 2.23. The fourth-order valence-electron chi connectivity index (χ4n) is 2.15. The lowest BCUT2D eigenvalue weighted by Gasteiger charge is -2.28. The molecule has 17 heavy (non-hydrogen) atoms. The third kappa shape index (κ3) is 4.11. The first kappa shape index (κ1) is 14.2. The molecular formula is C14H24N2O. The summed E-state index contributed by atoms with van der Waals surface area (Å²) in [6.45, 7) is 6.38. The van der Waals surface area contributed by atoms with Crippen molar-refractivity contribution in [3.05, 3.63) is 35.4 Å². The molecule has 0 aliphatic rings. The Morgan fingerprint density at radius 2 is 1.82 bits per heavy atom. The minimum atomic E-state index is 0.126. The van der Waals surface area contributed by atoms with E-state index in [9.17, 15) is 0 Å². The van der Waals surface area contributed by atoms with Gasteiger partial charge in [0.1, 0.15) is 0 Å². The van der Waals surface area contributed by atoms with Crippen molar-refractivity contribution in [2.75, 3.05) is 7.11 Å². The van der Waals surface area contributed by atoms with Crippen LogP contribution in [0.3, 0.4) is 0 Å². The van der Waals surface area contributed by atoms with Crippen molar-refractivity contribution in [3.63, 3.8) is 0 Å². The predicted molar refractivity (Wildman–Crippen MR) is 71.6 cm³/mol. The predicted octanol–water partition coefficient (Wildman–Crippen LogP) is 2.04. The van der Waals surface area contributed by atoms with Crippen molar-refractivity contribution in [1.82, 2.24) is 5.43 Å². The van der Waals surface area contributed by atoms with Crippen LogP contribution in [0.2, 0.25) is 0 Å². The van der Waals surface area contributed by atoms with Crippen LogP contribution in [-0.4, -0.2) is 19.3 Å². The van der Waals surface area contributed by atoms with E-state index in [4.69, 9.17) is 10.6 Å². The topological polar surface area (TPSA) is 47.3 Å². The first-order valence-electron chi connectivity index (χ1n) is 6.13. The summed E-state index contributed by atoms with van der Waals surface area (Å²) in [6, 6.07) is 8.68. The normalized spacial score (nSPS) is 14.9. The van der Waals surface area contributed by atoms with Crippen LogP contribution in [0.25, 0.3) is 0 Å². The van der Waals surface area contributed by atoms with Crippen LogP contribution in [-0.2, 0) is 11.2 Å². The molecule has 0 aromatic heterocycles. The second-order valence-electron chi connectivity index (χ2n) is 4.91. The van der Waals surface area contributed by atoms with Gasteiger partial charge in [-0.05, 0) is 24.8 Å². The molecule has 0 spiro atoms. The monoisotopic (exact) mass is 236 g/mol. The number of hydrazine groups is 1. The number of nitrogens with one attached hydrogen (secondary N) is 1. The van der Waals surface area contributed by atoms with Gasteiger partial charge in [-0.15, -0.1) is 0 Å². The van der Waals surface area contributed by atoms with Gasteiger partial charge in [0.05, 0.1) is 12.1 Å². The first-order valence-corrected chi connectivity index (χ1v) is 6.13. The molecule has 0 aliphatic heterocycles. The van der Waals surface area contributed by atoms with Gasteiger partial charge in [-0.2, -0.15) is 0 Å². The zero-order valence-corrected chi connectivity index (χ0v) is 11.2. The lowest BCUT2D eigenvalue weighted by atomic mass is 9.94. The zero-order chi connectivity index (χ0) is 12.8. The van der Waals surface area contributed by atoms with Gasteiger partial charge in [0, 0.05) is 7.11 Å². The zero-order valence-electron chi connectivity index (χ0n) is 11.2. The molecule has 0 heterocycles. The van der Waals surface area contributed by atoms with Gasteiger partial charge in [0.25, 0.3) is 0 Å². The Kier molecular flexibility index (Phi) is 5.62. The Morgan fingerprint density at radius 3 is 2.24 bits per heavy atom. The number of aryl methyl sites for hydroxylation is 1. The molecular weight excluding hydrogens is 212 g/mol. The molecule has 3 N–H and O–H groups in total. The lowest BCUT2D eigenvalue weighted by molar-refractivity contribution is 0.0332. The van der Waals surface area contributed by atoms with Crippen LogP contribution in [0.4, 0.5) is 0 Å². The van der Waals surface area contributed by atoms with Gasteiger partial charge in [0.2, 0.25) is 0 Å². The third-order valence-electron chi connectivity index (χ3n) is 3.12. The Bertz CT molecular complexity index is 321. The number of rotatable bonds is 6. The van der Waals surface area contributed by atoms with E-state index in [0.29, 0.717) is 5.92 Å². The van der Waals surface area contributed by atoms with Crippen molar-refractivity contribution in [2.45, 2.75) is 39.3 Å². The van der Waals surface area contributed by atoms with Gasteiger partial charge in [-0.3, -0.25) is 11.3 Å². The lowest BCUT2D eigenvalue weighted by Crippen LogP contribution is -2.48. The van der Waals surface area contributed by atoms with Gasteiger partial charge in [0.15, 0.2) is 0 Å². The van der Waals surface area contributed by atoms with Crippen molar-refractivity contribution in [1.29, 1.82) is 0 Å². The average molecular weight is 236 g/mol. The number of ether oxygens (including phenoxy) is 1. The van der Waals surface area contributed by atoms with E-state index in [1.807, 2.05) is 0 Å². The first-order chi connectivity index (χ1) is 8.08. The van der Waals surface area contributed by atoms with E-state index in [1.54, 1.807) is 7.11 Å². The molecule has 3 nitrogen and oxygen atoms in total. The molecule has 96 valence electrons. The second-order valence-corrected chi connectivity index (χ2v) is 4.91. The number of hydrogen-bond donors (Lipinski definition) is 2. The van der Waals surface area contributed by atoms with Crippen molar-refractivity contribution in [3.8, 4) is 0 Å². The maximum Gasteiger partial charge on any atom is 0.0763 e. The summed E-state index contributed by atoms with van der Waals surface area (Å²) in [7, 11) is 1.74. The minimum Gasteiger partial charge on any atom is -0.380 e. The minimum absolute atomic E-state index is 0.126. The van der Waals surface area contributed by atoms with Crippen LogP contribution in [0.5, 0.6) is 0 Å². The highest BCUT2D eigenvalue weighted by molar-refractivity contribution is 5.22. The highest BCUT2D eigenvalue weighted by atomic mass is 16.5. The molecule has 3 heteroatoms. The maximum atomic E-state index is 5.63. The molecule has 1 rings (SSSR count). The van der Waals surface area contributed by atoms with E-state index in [-0.39, 0.29) is 12.1 Å². The molecule has 0 amide bonds. The smallest absolute Gasteiger partial charge is 0.0763 e. The molecule has 0 fully saturated rings. The van der Waals surface area contributed by atoms with E-state index in [0.717, 1.165) is 6.42 Å². The summed E-state index contributed by atoms with van der Waals surface area (Å²) < 4.78 is 5.52. The van der Waals surface area contributed by atoms with E-state index in [2.05, 4.69) is 50.5 Å². The Labute approximate surface area is 104 Å². The highest BCUT2D eigenvalue weighted by Crippen LogP contribution is 2.15. The van der Waals surface area contributed by atoms with Crippen molar-refractivity contribution < 1.29 is 4.74 Å². The summed E-state index contributed by atoms with van der Waals surface area (Å²) in [6.07, 6.45) is 1.01. The third-order valence-corrected chi connectivity index (χ3v) is 3.12.